The van der Waals surface area contributed by atoms with Crippen molar-refractivity contribution in [3.63, 3.8) is 0 Å². The van der Waals surface area contributed by atoms with Gasteiger partial charge in [0, 0.05) is 26.3 Å². The summed E-state index contributed by atoms with van der Waals surface area (Å²) in [5.41, 5.74) is 4.49. The number of aliphatic hydroxyl groups excluding tert-OH is 3. The minimum atomic E-state index is -1.63. The van der Waals surface area contributed by atoms with Gasteiger partial charge >= 0.3 is 6.03 Å². The molecule has 2 amide bonds. The lowest BCUT2D eigenvalue weighted by atomic mass is 9.98. The number of unbranched alkanes of at least 4 members (excludes halogenated alkanes) is 8. The van der Waals surface area contributed by atoms with Crippen LogP contribution in [0.15, 0.2) is 12.3 Å². The van der Waals surface area contributed by atoms with Crippen molar-refractivity contribution in [1.29, 1.82) is 0 Å². The van der Waals surface area contributed by atoms with Crippen molar-refractivity contribution in [3.8, 4) is 0 Å². The monoisotopic (exact) mass is 487 g/mol. The summed E-state index contributed by atoms with van der Waals surface area (Å²) >= 11 is 0. The Morgan fingerprint density at radius 3 is 2.29 bits per heavy atom. The summed E-state index contributed by atoms with van der Waals surface area (Å²) in [6.45, 7) is 0.588. The zero-order chi connectivity index (χ0) is 25.0. The van der Waals surface area contributed by atoms with Crippen LogP contribution < -0.4 is 11.1 Å². The lowest BCUT2D eigenvalue weighted by Crippen LogP contribution is -2.66. The number of rotatable bonds is 17. The summed E-state index contributed by atoms with van der Waals surface area (Å²) < 4.78 is 15.4. The van der Waals surface area contributed by atoms with Gasteiger partial charge < -0.3 is 34.8 Å². The number of nitrogens with two attached hydrogens (primary N) is 1. The number of carbonyl (C=O) groups excluding carboxylic acids is 2. The molecule has 0 aliphatic carbocycles. The van der Waals surface area contributed by atoms with Crippen molar-refractivity contribution in [2.75, 3.05) is 27.1 Å². The van der Waals surface area contributed by atoms with Gasteiger partial charge in [-0.25, -0.2) is 4.79 Å². The van der Waals surface area contributed by atoms with Gasteiger partial charge in [0.1, 0.15) is 25.1 Å². The number of ether oxygens (including phenoxy) is 3. The highest BCUT2D eigenvalue weighted by Crippen LogP contribution is 2.26. The standard InChI is InChI=1S/C23H41N3O8/c1-32-16-33-14-10-8-6-4-2-3-5-7-9-11-18(28)23(24)12-13-26(22(31)25-23)21-20(30)19(29)17(15-27)34-21/h12-13,17,19-21,27,29-30H,2-11,14-16,24H2,1H3,(H,25,31)/t17-,19-,20+,21-,23?/m1/s1. The molecule has 0 aromatic carbocycles. The molecule has 2 heterocycles. The maximum atomic E-state index is 12.6. The zero-order valence-corrected chi connectivity index (χ0v) is 20.1. The summed E-state index contributed by atoms with van der Waals surface area (Å²) in [5.74, 6) is -0.298. The number of aliphatic hydroxyl groups is 3. The number of hydrogen-bond donors (Lipinski definition) is 5. The molecule has 1 fully saturated rings. The molecule has 0 aromatic rings. The molecule has 34 heavy (non-hydrogen) atoms. The van der Waals surface area contributed by atoms with Crippen molar-refractivity contribution in [2.24, 2.45) is 5.73 Å². The molecular weight excluding hydrogens is 446 g/mol. The molecule has 11 heteroatoms. The number of urea groups is 1. The topological polar surface area (TPSA) is 164 Å². The Kier molecular flexibility index (Phi) is 12.4. The van der Waals surface area contributed by atoms with Gasteiger partial charge in [-0.2, -0.15) is 0 Å². The largest absolute Gasteiger partial charge is 0.394 e. The molecule has 0 radical (unpaired) electrons. The van der Waals surface area contributed by atoms with E-state index in [0.717, 1.165) is 43.6 Å². The highest BCUT2D eigenvalue weighted by Gasteiger charge is 2.48. The molecular formula is C23H41N3O8. The molecule has 0 spiro atoms. The second kappa shape index (κ2) is 14.7. The van der Waals surface area contributed by atoms with Gasteiger partial charge in [0.25, 0.3) is 0 Å². The van der Waals surface area contributed by atoms with Crippen molar-refractivity contribution < 1.29 is 39.1 Å². The van der Waals surface area contributed by atoms with Crippen LogP contribution in [0.5, 0.6) is 0 Å². The summed E-state index contributed by atoms with van der Waals surface area (Å²) in [5, 5.41) is 31.7. The third kappa shape index (κ3) is 8.26. The van der Waals surface area contributed by atoms with Crippen molar-refractivity contribution >= 4 is 11.8 Å². The van der Waals surface area contributed by atoms with Crippen LogP contribution in [0.1, 0.15) is 64.2 Å². The van der Waals surface area contributed by atoms with Crippen molar-refractivity contribution in [3.05, 3.63) is 12.3 Å². The average molecular weight is 488 g/mol. The van der Waals surface area contributed by atoms with E-state index in [1.165, 1.54) is 31.5 Å². The molecule has 5 atom stereocenters. The SMILES string of the molecule is COCOCCCCCCCCCCCC(=O)C1(N)C=CN([C@@H]2O[C@H](CO)[C@@H](O)[C@@H]2O)C(=O)N1. The third-order valence-electron chi connectivity index (χ3n) is 6.19. The van der Waals surface area contributed by atoms with E-state index < -0.39 is 42.8 Å². The minimum Gasteiger partial charge on any atom is -0.394 e. The van der Waals surface area contributed by atoms with E-state index >= 15 is 0 Å². The van der Waals surface area contributed by atoms with E-state index in [1.807, 2.05) is 0 Å². The number of amides is 2. The quantitative estimate of drug-likeness (QED) is 0.147. The first-order valence-corrected chi connectivity index (χ1v) is 12.1. The van der Waals surface area contributed by atoms with Crippen molar-refractivity contribution in [1.82, 2.24) is 10.2 Å². The van der Waals surface area contributed by atoms with Crippen LogP contribution in [0.25, 0.3) is 0 Å². The van der Waals surface area contributed by atoms with Crippen LogP contribution in [0.4, 0.5) is 4.79 Å². The molecule has 0 aromatic heterocycles. The van der Waals surface area contributed by atoms with Gasteiger partial charge in [0.05, 0.1) is 6.61 Å². The first-order valence-electron chi connectivity index (χ1n) is 12.1. The molecule has 0 bridgehead atoms. The maximum absolute atomic E-state index is 12.6. The molecule has 1 saturated heterocycles. The van der Waals surface area contributed by atoms with Gasteiger partial charge in [-0.1, -0.05) is 44.9 Å². The smallest absolute Gasteiger partial charge is 0.325 e. The number of nitrogens with zero attached hydrogens (tertiary/aromatic N) is 1. The minimum absolute atomic E-state index is 0.246. The summed E-state index contributed by atoms with van der Waals surface area (Å²) in [4.78, 5) is 26.2. The lowest BCUT2D eigenvalue weighted by Gasteiger charge is -2.36. The highest BCUT2D eigenvalue weighted by molar-refractivity contribution is 5.95. The van der Waals surface area contributed by atoms with E-state index in [9.17, 15) is 24.9 Å². The first-order chi connectivity index (χ1) is 16.3. The molecule has 1 unspecified atom stereocenters. The summed E-state index contributed by atoms with van der Waals surface area (Å²) in [6.07, 6.45) is 7.49. The molecule has 6 N–H and O–H groups in total. The van der Waals surface area contributed by atoms with E-state index in [4.69, 9.17) is 19.9 Å². The van der Waals surface area contributed by atoms with Crippen LogP contribution in [0.3, 0.4) is 0 Å². The molecule has 196 valence electrons. The Bertz CT molecular complexity index is 664. The predicted octanol–water partition coefficient (Wildman–Crippen LogP) is 0.710. The molecule has 0 saturated carbocycles. The second-order valence-electron chi connectivity index (χ2n) is 8.92. The fourth-order valence-electron chi connectivity index (χ4n) is 4.10. The van der Waals surface area contributed by atoms with Crippen molar-refractivity contribution in [2.45, 2.75) is 94.4 Å². The Hall–Kier alpha value is -1.60. The molecule has 2 aliphatic rings. The van der Waals surface area contributed by atoms with Crippen LogP contribution in [0, 0.1) is 0 Å². The van der Waals surface area contributed by atoms with E-state index in [-0.39, 0.29) is 12.2 Å². The molecule has 11 nitrogen and oxygen atoms in total. The lowest BCUT2D eigenvalue weighted by molar-refractivity contribution is -0.124. The summed E-state index contributed by atoms with van der Waals surface area (Å²) in [7, 11) is 1.61. The van der Waals surface area contributed by atoms with Crippen LogP contribution in [-0.2, 0) is 19.0 Å². The van der Waals surface area contributed by atoms with Gasteiger partial charge in [-0.05, 0) is 18.9 Å². The number of Topliss-reactive ketones (excluding diaryl/α,β-unsaturated/α-hetero) is 1. The number of nitrogens with one attached hydrogen (secondary N) is 1. The average Bonchev–Trinajstić information content (AvgIpc) is 3.10. The fraction of sp³-hybridized carbons (Fsp3) is 0.826. The zero-order valence-electron chi connectivity index (χ0n) is 20.1. The normalized spacial score (nSPS) is 29.0. The Morgan fingerprint density at radius 2 is 1.74 bits per heavy atom. The number of ketones is 1. The van der Waals surface area contributed by atoms with Crippen LogP contribution in [-0.4, -0.2) is 89.4 Å². The number of hydrogen-bond acceptors (Lipinski definition) is 9. The Labute approximate surface area is 201 Å². The predicted molar refractivity (Wildman–Crippen MR) is 123 cm³/mol. The van der Waals surface area contributed by atoms with E-state index in [0.29, 0.717) is 13.2 Å². The number of carbonyl (C=O) groups is 2. The highest BCUT2D eigenvalue weighted by atomic mass is 16.7. The first kappa shape index (κ1) is 28.6. The van der Waals surface area contributed by atoms with Gasteiger partial charge in [-0.3, -0.25) is 15.4 Å². The third-order valence-corrected chi connectivity index (χ3v) is 6.19. The summed E-state index contributed by atoms with van der Waals surface area (Å²) in [6, 6.07) is -0.724. The van der Waals surface area contributed by atoms with Gasteiger partial charge in [0.2, 0.25) is 0 Å². The molecule has 2 aliphatic heterocycles. The van der Waals surface area contributed by atoms with E-state index in [1.54, 1.807) is 7.11 Å². The van der Waals surface area contributed by atoms with Gasteiger partial charge in [-0.15, -0.1) is 0 Å². The number of methoxy groups -OCH3 is 1. The maximum Gasteiger partial charge on any atom is 0.325 e. The Morgan fingerprint density at radius 1 is 1.12 bits per heavy atom. The van der Waals surface area contributed by atoms with Crippen LogP contribution >= 0.6 is 0 Å². The molecule has 2 rings (SSSR count). The fourth-order valence-corrected chi connectivity index (χ4v) is 4.10. The second-order valence-corrected chi connectivity index (χ2v) is 8.92. The van der Waals surface area contributed by atoms with E-state index in [2.05, 4.69) is 5.32 Å². The Balaban J connectivity index is 1.62. The van der Waals surface area contributed by atoms with Gasteiger partial charge in [0.15, 0.2) is 17.7 Å². The van der Waals surface area contributed by atoms with Crippen LogP contribution in [0.2, 0.25) is 0 Å².